The lowest BCUT2D eigenvalue weighted by molar-refractivity contribution is 0.586. The first-order valence-electron chi connectivity index (χ1n) is 4.49. The van der Waals surface area contributed by atoms with Gasteiger partial charge < -0.3 is 0 Å². The highest BCUT2D eigenvalue weighted by Crippen LogP contribution is 2.25. The Bertz CT molecular complexity index is 371. The van der Waals surface area contributed by atoms with Crippen molar-refractivity contribution in [2.75, 3.05) is 0 Å². The van der Waals surface area contributed by atoms with Crippen LogP contribution >= 0.6 is 45.8 Å². The Morgan fingerprint density at radius 2 is 1.87 bits per heavy atom. The average molecular weight is 356 g/mol. The van der Waals surface area contributed by atoms with Gasteiger partial charge in [0, 0.05) is 20.4 Å². The molecule has 0 fully saturated rings. The van der Waals surface area contributed by atoms with Gasteiger partial charge in [-0.05, 0) is 55.5 Å². The maximum absolute atomic E-state index is 6.08. The highest BCUT2D eigenvalue weighted by molar-refractivity contribution is 14.1. The van der Waals surface area contributed by atoms with Gasteiger partial charge >= 0.3 is 0 Å². The van der Waals surface area contributed by atoms with Crippen molar-refractivity contribution in [2.24, 2.45) is 4.99 Å². The largest absolute Gasteiger partial charge is 0.287 e. The molecule has 0 radical (unpaired) electrons. The van der Waals surface area contributed by atoms with Crippen molar-refractivity contribution < 1.29 is 0 Å². The molecule has 1 aromatic carbocycles. The van der Waals surface area contributed by atoms with Gasteiger partial charge in [-0.3, -0.25) is 4.99 Å². The highest BCUT2D eigenvalue weighted by Gasteiger charge is 2.08. The Labute approximate surface area is 114 Å². The van der Waals surface area contributed by atoms with Gasteiger partial charge in [0.1, 0.15) is 0 Å². The first kappa shape index (κ1) is 13.3. The summed E-state index contributed by atoms with van der Waals surface area (Å²) in [5.74, 6) is 0. The minimum Gasteiger partial charge on any atom is -0.287 e. The van der Waals surface area contributed by atoms with E-state index < -0.39 is 0 Å². The maximum Gasteiger partial charge on any atom is 0.0524 e. The molecule has 0 atom stereocenters. The molecule has 0 bridgehead atoms. The average Bonchev–Trinajstić information content (AvgIpc) is 1.99. The highest BCUT2D eigenvalue weighted by atomic mass is 127. The summed E-state index contributed by atoms with van der Waals surface area (Å²) in [4.78, 5) is 4.42. The standard InChI is InChI=1S/C11H12Cl2IN/c1-11(2,3)15-6-8-9(13)4-7(12)5-10(8)14/h4-6H,1-3H3. The van der Waals surface area contributed by atoms with Crippen LogP contribution < -0.4 is 0 Å². The predicted octanol–water partition coefficient (Wildman–Crippen LogP) is 4.82. The molecular formula is C11H12Cl2IN. The van der Waals surface area contributed by atoms with Gasteiger partial charge in [-0.25, -0.2) is 0 Å². The number of hydrogen-bond acceptors (Lipinski definition) is 1. The molecule has 0 N–H and O–H groups in total. The molecule has 1 nitrogen and oxygen atoms in total. The fourth-order valence-corrected chi connectivity index (χ4v) is 2.59. The molecule has 1 aromatic rings. The van der Waals surface area contributed by atoms with E-state index in [9.17, 15) is 0 Å². The second-order valence-corrected chi connectivity index (χ2v) is 6.22. The Balaban J connectivity index is 3.11. The Morgan fingerprint density at radius 1 is 1.27 bits per heavy atom. The van der Waals surface area contributed by atoms with Crippen molar-refractivity contribution in [3.8, 4) is 0 Å². The van der Waals surface area contributed by atoms with Gasteiger partial charge in [0.2, 0.25) is 0 Å². The van der Waals surface area contributed by atoms with E-state index in [2.05, 4.69) is 27.6 Å². The molecule has 0 saturated carbocycles. The van der Waals surface area contributed by atoms with E-state index >= 15 is 0 Å². The smallest absolute Gasteiger partial charge is 0.0524 e. The number of halogens is 3. The van der Waals surface area contributed by atoms with Crippen LogP contribution in [0.2, 0.25) is 10.0 Å². The Hall–Kier alpha value is 0.200. The van der Waals surface area contributed by atoms with Gasteiger partial charge in [-0.15, -0.1) is 0 Å². The number of hydrogen-bond donors (Lipinski definition) is 0. The van der Waals surface area contributed by atoms with Crippen molar-refractivity contribution in [3.63, 3.8) is 0 Å². The molecule has 82 valence electrons. The Morgan fingerprint density at radius 3 is 2.33 bits per heavy atom. The lowest BCUT2D eigenvalue weighted by atomic mass is 10.1. The molecule has 0 saturated heterocycles. The van der Waals surface area contributed by atoms with Crippen LogP contribution in [0.3, 0.4) is 0 Å². The van der Waals surface area contributed by atoms with Crippen LogP contribution in [0.25, 0.3) is 0 Å². The second-order valence-electron chi connectivity index (χ2n) is 4.21. The van der Waals surface area contributed by atoms with Crippen LogP contribution in [0.5, 0.6) is 0 Å². The molecule has 0 spiro atoms. The number of aliphatic imine (C=N–C) groups is 1. The van der Waals surface area contributed by atoms with E-state index in [0.717, 1.165) is 9.13 Å². The number of benzene rings is 1. The monoisotopic (exact) mass is 355 g/mol. The molecule has 15 heavy (non-hydrogen) atoms. The predicted molar refractivity (Wildman–Crippen MR) is 76.5 cm³/mol. The molecule has 0 unspecified atom stereocenters. The molecular weight excluding hydrogens is 344 g/mol. The molecule has 4 heteroatoms. The summed E-state index contributed by atoms with van der Waals surface area (Å²) in [6, 6.07) is 3.60. The van der Waals surface area contributed by atoms with Crippen molar-refractivity contribution in [1.82, 2.24) is 0 Å². The molecule has 0 aliphatic heterocycles. The fourth-order valence-electron chi connectivity index (χ4n) is 0.935. The van der Waals surface area contributed by atoms with Crippen LogP contribution in [-0.2, 0) is 0 Å². The van der Waals surface area contributed by atoms with Crippen LogP contribution in [0.4, 0.5) is 0 Å². The summed E-state index contributed by atoms with van der Waals surface area (Å²) >= 11 is 14.2. The lowest BCUT2D eigenvalue weighted by Gasteiger charge is -2.11. The summed E-state index contributed by atoms with van der Waals surface area (Å²) in [5.41, 5.74) is 0.836. The summed E-state index contributed by atoms with van der Waals surface area (Å²) in [6.07, 6.45) is 1.81. The van der Waals surface area contributed by atoms with Crippen molar-refractivity contribution >= 4 is 52.0 Å². The normalized spacial score (nSPS) is 12.4. The van der Waals surface area contributed by atoms with E-state index in [0.29, 0.717) is 10.0 Å². The van der Waals surface area contributed by atoms with E-state index in [1.807, 2.05) is 26.8 Å². The molecule has 0 aliphatic carbocycles. The molecule has 0 aromatic heterocycles. The van der Waals surface area contributed by atoms with Gasteiger partial charge in [0.05, 0.1) is 10.6 Å². The first-order valence-corrected chi connectivity index (χ1v) is 6.33. The van der Waals surface area contributed by atoms with E-state index in [-0.39, 0.29) is 5.54 Å². The van der Waals surface area contributed by atoms with Gasteiger partial charge in [0.25, 0.3) is 0 Å². The third-order valence-corrected chi connectivity index (χ3v) is 3.05. The summed E-state index contributed by atoms with van der Waals surface area (Å²) < 4.78 is 1.01. The van der Waals surface area contributed by atoms with Gasteiger partial charge in [-0.1, -0.05) is 23.2 Å². The molecule has 0 heterocycles. The van der Waals surface area contributed by atoms with Crippen LogP contribution in [0.15, 0.2) is 17.1 Å². The number of nitrogens with zero attached hydrogens (tertiary/aromatic N) is 1. The Kier molecular flexibility index (Phi) is 4.44. The van der Waals surface area contributed by atoms with Gasteiger partial charge in [-0.2, -0.15) is 0 Å². The van der Waals surface area contributed by atoms with E-state index in [4.69, 9.17) is 23.2 Å². The van der Waals surface area contributed by atoms with E-state index in [1.165, 1.54) is 0 Å². The molecule has 0 amide bonds. The zero-order valence-corrected chi connectivity index (χ0v) is 12.5. The first-order chi connectivity index (χ1) is 6.79. The topological polar surface area (TPSA) is 12.4 Å². The van der Waals surface area contributed by atoms with Gasteiger partial charge in [0.15, 0.2) is 0 Å². The third kappa shape index (κ3) is 4.29. The fraction of sp³-hybridized carbons (Fsp3) is 0.364. The molecule has 1 rings (SSSR count). The lowest BCUT2D eigenvalue weighted by Crippen LogP contribution is -2.10. The third-order valence-electron chi connectivity index (χ3n) is 1.62. The zero-order chi connectivity index (χ0) is 11.6. The van der Waals surface area contributed by atoms with E-state index in [1.54, 1.807) is 12.3 Å². The van der Waals surface area contributed by atoms with Crippen molar-refractivity contribution in [1.29, 1.82) is 0 Å². The van der Waals surface area contributed by atoms with Crippen LogP contribution in [0.1, 0.15) is 26.3 Å². The summed E-state index contributed by atoms with van der Waals surface area (Å²) in [5, 5.41) is 1.29. The zero-order valence-electron chi connectivity index (χ0n) is 8.81. The summed E-state index contributed by atoms with van der Waals surface area (Å²) in [7, 11) is 0. The van der Waals surface area contributed by atoms with Crippen molar-refractivity contribution in [3.05, 3.63) is 31.3 Å². The van der Waals surface area contributed by atoms with Crippen molar-refractivity contribution in [2.45, 2.75) is 26.3 Å². The number of rotatable bonds is 1. The minimum atomic E-state index is -0.0912. The molecule has 0 aliphatic rings. The SMILES string of the molecule is CC(C)(C)N=Cc1c(Cl)cc(Cl)cc1I. The summed E-state index contributed by atoms with van der Waals surface area (Å²) in [6.45, 7) is 6.13. The minimum absolute atomic E-state index is 0.0912. The van der Waals surface area contributed by atoms with Crippen LogP contribution in [0, 0.1) is 3.57 Å². The maximum atomic E-state index is 6.08. The quantitative estimate of drug-likeness (QED) is 0.506. The second kappa shape index (κ2) is 5.02. The van der Waals surface area contributed by atoms with Crippen LogP contribution in [-0.4, -0.2) is 11.8 Å².